The highest BCUT2D eigenvalue weighted by Gasteiger charge is 2.37. The topological polar surface area (TPSA) is 52.0 Å². The van der Waals surface area contributed by atoms with Crippen molar-refractivity contribution >= 4 is 23.2 Å². The second-order valence-electron chi connectivity index (χ2n) is 5.30. The smallest absolute Gasteiger partial charge is 0.177 e. The van der Waals surface area contributed by atoms with Crippen LogP contribution in [0.1, 0.15) is 38.9 Å². The number of hydrogen-bond donors (Lipinski definition) is 0. The average Bonchev–Trinajstić information content (AvgIpc) is 2.98. The van der Waals surface area contributed by atoms with E-state index in [9.17, 15) is 9.59 Å². The summed E-state index contributed by atoms with van der Waals surface area (Å²) in [5.74, 6) is -0.900. The summed E-state index contributed by atoms with van der Waals surface area (Å²) in [6.07, 6.45) is 2.79. The lowest BCUT2D eigenvalue weighted by molar-refractivity contribution is 0.0822. The fraction of sp³-hybridized carbons (Fsp3) is 0.312. The Kier molecular flexibility index (Phi) is 3.41. The van der Waals surface area contributed by atoms with E-state index in [2.05, 4.69) is 5.10 Å². The van der Waals surface area contributed by atoms with Crippen LogP contribution in [0.15, 0.2) is 24.4 Å². The van der Waals surface area contributed by atoms with E-state index in [0.29, 0.717) is 29.0 Å². The molecule has 1 aromatic heterocycles. The van der Waals surface area contributed by atoms with Crippen LogP contribution >= 0.6 is 11.6 Å². The number of aromatic nitrogens is 2. The summed E-state index contributed by atoms with van der Waals surface area (Å²) < 4.78 is 1.62. The van der Waals surface area contributed by atoms with Gasteiger partial charge >= 0.3 is 0 Å². The van der Waals surface area contributed by atoms with E-state index in [1.165, 1.54) is 0 Å². The molecule has 2 aromatic rings. The molecule has 108 valence electrons. The number of ketones is 2. The highest BCUT2D eigenvalue weighted by Crippen LogP contribution is 2.31. The first kappa shape index (κ1) is 14.0. The summed E-state index contributed by atoms with van der Waals surface area (Å²) in [7, 11) is 1.78. The van der Waals surface area contributed by atoms with Gasteiger partial charge in [0.15, 0.2) is 11.6 Å². The fourth-order valence-electron chi connectivity index (χ4n) is 2.87. The highest BCUT2D eigenvalue weighted by molar-refractivity contribution is 6.31. The van der Waals surface area contributed by atoms with Crippen LogP contribution < -0.4 is 0 Å². The molecule has 4 nitrogen and oxygen atoms in total. The van der Waals surface area contributed by atoms with Crippen molar-refractivity contribution in [1.82, 2.24) is 9.78 Å². The first-order valence-corrected chi connectivity index (χ1v) is 7.28. The van der Waals surface area contributed by atoms with Crippen LogP contribution in [0.5, 0.6) is 0 Å². The zero-order chi connectivity index (χ0) is 15.1. The highest BCUT2D eigenvalue weighted by atomic mass is 35.5. The molecule has 0 bridgehead atoms. The molecule has 1 aromatic carbocycles. The first-order chi connectivity index (χ1) is 10.0. The molecule has 0 N–H and O–H groups in total. The molecule has 3 rings (SSSR count). The molecular weight excluding hydrogens is 288 g/mol. The quantitative estimate of drug-likeness (QED) is 0.647. The second-order valence-corrected chi connectivity index (χ2v) is 5.74. The van der Waals surface area contributed by atoms with Gasteiger partial charge in [0.2, 0.25) is 0 Å². The van der Waals surface area contributed by atoms with Crippen LogP contribution in [0, 0.1) is 5.92 Å². The number of benzene rings is 1. The van der Waals surface area contributed by atoms with Gasteiger partial charge in [0.05, 0.1) is 17.2 Å². The number of nitrogens with zero attached hydrogens (tertiary/aromatic N) is 2. The molecule has 0 radical (unpaired) electrons. The molecule has 1 aliphatic rings. The molecule has 0 spiro atoms. The van der Waals surface area contributed by atoms with Gasteiger partial charge in [-0.1, -0.05) is 18.5 Å². The molecular formula is C16H15ClN2O2. The van der Waals surface area contributed by atoms with Crippen molar-refractivity contribution in [2.45, 2.75) is 19.8 Å². The third-order valence-electron chi connectivity index (χ3n) is 3.90. The van der Waals surface area contributed by atoms with E-state index in [1.54, 1.807) is 36.1 Å². The predicted molar refractivity (Wildman–Crippen MR) is 79.9 cm³/mol. The fourth-order valence-corrected chi connectivity index (χ4v) is 3.07. The van der Waals surface area contributed by atoms with E-state index in [0.717, 1.165) is 11.3 Å². The van der Waals surface area contributed by atoms with Gasteiger partial charge in [-0.15, -0.1) is 0 Å². The zero-order valence-corrected chi connectivity index (χ0v) is 12.6. The zero-order valence-electron chi connectivity index (χ0n) is 11.9. The third kappa shape index (κ3) is 2.29. The third-order valence-corrected chi connectivity index (χ3v) is 4.13. The number of halogens is 1. The van der Waals surface area contributed by atoms with Gasteiger partial charge in [0, 0.05) is 23.8 Å². The largest absolute Gasteiger partial charge is 0.293 e. The molecule has 0 saturated carbocycles. The van der Waals surface area contributed by atoms with Gasteiger partial charge in [-0.05, 0) is 36.6 Å². The molecule has 0 amide bonds. The lowest BCUT2D eigenvalue weighted by Crippen LogP contribution is -2.21. The van der Waals surface area contributed by atoms with Gasteiger partial charge in [-0.25, -0.2) is 0 Å². The predicted octanol–water partition coefficient (Wildman–Crippen LogP) is 2.87. The van der Waals surface area contributed by atoms with Gasteiger partial charge in [0.1, 0.15) is 0 Å². The van der Waals surface area contributed by atoms with Crippen molar-refractivity contribution < 1.29 is 9.59 Å². The van der Waals surface area contributed by atoms with Crippen molar-refractivity contribution in [2.75, 3.05) is 0 Å². The van der Waals surface area contributed by atoms with E-state index < -0.39 is 5.92 Å². The molecule has 0 fully saturated rings. The number of fused-ring (bicyclic) bond motifs is 1. The molecule has 0 saturated heterocycles. The van der Waals surface area contributed by atoms with Crippen LogP contribution in [0.3, 0.4) is 0 Å². The summed E-state index contributed by atoms with van der Waals surface area (Å²) >= 11 is 5.96. The summed E-state index contributed by atoms with van der Waals surface area (Å²) in [5.41, 5.74) is 2.76. The Morgan fingerprint density at radius 3 is 2.95 bits per heavy atom. The van der Waals surface area contributed by atoms with E-state index in [-0.39, 0.29) is 11.6 Å². The monoisotopic (exact) mass is 302 g/mol. The maximum absolute atomic E-state index is 12.7. The average molecular weight is 303 g/mol. The lowest BCUT2D eigenvalue weighted by Gasteiger charge is -2.06. The summed E-state index contributed by atoms with van der Waals surface area (Å²) in [6, 6.07) is 5.16. The number of Topliss-reactive ketones (excluding diaryl/α,β-unsaturated/α-hetero) is 2. The number of rotatable bonds is 3. The summed E-state index contributed by atoms with van der Waals surface area (Å²) in [5, 5.41) is 4.86. The van der Waals surface area contributed by atoms with Crippen LogP contribution in [0.25, 0.3) is 0 Å². The van der Waals surface area contributed by atoms with E-state index in [1.807, 2.05) is 6.92 Å². The molecule has 5 heteroatoms. The maximum Gasteiger partial charge on any atom is 0.177 e. The van der Waals surface area contributed by atoms with Gasteiger partial charge in [0.25, 0.3) is 0 Å². The van der Waals surface area contributed by atoms with Gasteiger partial charge in [-0.3, -0.25) is 14.3 Å². The van der Waals surface area contributed by atoms with Crippen molar-refractivity contribution in [3.05, 3.63) is 51.8 Å². The molecule has 1 atom stereocenters. The Morgan fingerprint density at radius 2 is 2.24 bits per heavy atom. The normalized spacial score (nSPS) is 17.1. The summed E-state index contributed by atoms with van der Waals surface area (Å²) in [6.45, 7) is 1.95. The Balaban J connectivity index is 1.96. The lowest BCUT2D eigenvalue weighted by atomic mass is 9.94. The maximum atomic E-state index is 12.7. The second kappa shape index (κ2) is 5.11. The molecule has 1 heterocycles. The molecule has 21 heavy (non-hydrogen) atoms. The number of carbonyl (C=O) groups excluding carboxylic acids is 2. The Labute approximate surface area is 127 Å². The van der Waals surface area contributed by atoms with Gasteiger partial charge in [-0.2, -0.15) is 5.10 Å². The van der Waals surface area contributed by atoms with Crippen molar-refractivity contribution in [2.24, 2.45) is 13.0 Å². The minimum absolute atomic E-state index is 0.113. The number of hydrogen-bond acceptors (Lipinski definition) is 3. The molecule has 0 aliphatic heterocycles. The standard InChI is InChI=1S/C16H15ClN2O2/c1-3-14-13(8-19(2)18-14)16(21)12-7-9-6-10(17)4-5-11(9)15(12)20/h4-6,8,12H,3,7H2,1-2H3. The number of aryl methyl sites for hydroxylation is 2. The van der Waals surface area contributed by atoms with Crippen molar-refractivity contribution in [1.29, 1.82) is 0 Å². The van der Waals surface area contributed by atoms with E-state index >= 15 is 0 Å². The van der Waals surface area contributed by atoms with Crippen LogP contribution in [0.4, 0.5) is 0 Å². The number of carbonyl (C=O) groups is 2. The van der Waals surface area contributed by atoms with Crippen molar-refractivity contribution in [3.8, 4) is 0 Å². The Hall–Kier alpha value is -1.94. The van der Waals surface area contributed by atoms with Gasteiger partial charge < -0.3 is 0 Å². The Bertz CT molecular complexity index is 749. The molecule has 1 aliphatic carbocycles. The Morgan fingerprint density at radius 1 is 1.48 bits per heavy atom. The van der Waals surface area contributed by atoms with Crippen LogP contribution in [-0.4, -0.2) is 21.3 Å². The van der Waals surface area contributed by atoms with E-state index in [4.69, 9.17) is 11.6 Å². The van der Waals surface area contributed by atoms with Crippen molar-refractivity contribution in [3.63, 3.8) is 0 Å². The van der Waals surface area contributed by atoms with Crippen LogP contribution in [-0.2, 0) is 19.9 Å². The summed E-state index contributed by atoms with van der Waals surface area (Å²) in [4.78, 5) is 25.1. The first-order valence-electron chi connectivity index (χ1n) is 6.90. The minimum Gasteiger partial charge on any atom is -0.293 e. The molecule has 1 unspecified atom stereocenters. The minimum atomic E-state index is -0.645. The van der Waals surface area contributed by atoms with Crippen LogP contribution in [0.2, 0.25) is 5.02 Å². The SMILES string of the molecule is CCc1nn(C)cc1C(=O)C1Cc2cc(Cl)ccc2C1=O.